The zero-order valence-electron chi connectivity index (χ0n) is 14.4. The van der Waals surface area contributed by atoms with Gasteiger partial charge >= 0.3 is 6.03 Å². The summed E-state index contributed by atoms with van der Waals surface area (Å²) in [6.07, 6.45) is 4.70. The Balaban J connectivity index is 1.31. The topological polar surface area (TPSA) is 59.6 Å². The monoisotopic (exact) mass is 348 g/mol. The van der Waals surface area contributed by atoms with Gasteiger partial charge in [0.1, 0.15) is 5.82 Å². The number of carbonyl (C=O) groups excluding carboxylic acids is 1. The first-order valence-electron chi connectivity index (χ1n) is 9.21. The first-order chi connectivity index (χ1) is 12.2. The Bertz CT molecular complexity index is 642. The molecule has 2 aliphatic heterocycles. The Morgan fingerprint density at radius 1 is 1.20 bits per heavy atom. The molecule has 1 atom stereocenters. The molecule has 2 N–H and O–H groups in total. The van der Waals surface area contributed by atoms with Crippen molar-refractivity contribution in [1.29, 1.82) is 0 Å². The zero-order chi connectivity index (χ0) is 17.3. The number of amides is 2. The average molecular weight is 348 g/mol. The number of halogens is 1. The highest BCUT2D eigenvalue weighted by Gasteiger charge is 2.46. The summed E-state index contributed by atoms with van der Waals surface area (Å²) in [5.74, 6) is 0.285. The third-order valence-electron chi connectivity index (χ3n) is 5.64. The fraction of sp³-hybridized carbons (Fsp3) is 0.632. The SMILES string of the molecule is O=C(NCc1ccc(C2CC2)cc1F)NC1CCOC12CCOCC2. The van der Waals surface area contributed by atoms with Gasteiger partial charge in [-0.25, -0.2) is 9.18 Å². The molecule has 6 heteroatoms. The van der Waals surface area contributed by atoms with Crippen LogP contribution in [0.5, 0.6) is 0 Å². The summed E-state index contributed by atoms with van der Waals surface area (Å²) in [4.78, 5) is 12.3. The highest BCUT2D eigenvalue weighted by atomic mass is 19.1. The molecule has 1 aliphatic carbocycles. The van der Waals surface area contributed by atoms with Crippen LogP contribution >= 0.6 is 0 Å². The number of hydrogen-bond donors (Lipinski definition) is 2. The molecule has 1 aromatic carbocycles. The lowest BCUT2D eigenvalue weighted by Crippen LogP contribution is -2.54. The van der Waals surface area contributed by atoms with Crippen LogP contribution in [0.25, 0.3) is 0 Å². The van der Waals surface area contributed by atoms with Gasteiger partial charge in [-0.2, -0.15) is 0 Å². The lowest BCUT2D eigenvalue weighted by atomic mass is 9.86. The van der Waals surface area contributed by atoms with Crippen LogP contribution in [-0.2, 0) is 16.0 Å². The van der Waals surface area contributed by atoms with Crippen molar-refractivity contribution in [3.8, 4) is 0 Å². The number of hydrogen-bond acceptors (Lipinski definition) is 3. The van der Waals surface area contributed by atoms with Crippen LogP contribution in [0.15, 0.2) is 18.2 Å². The van der Waals surface area contributed by atoms with E-state index in [-0.39, 0.29) is 30.0 Å². The summed E-state index contributed by atoms with van der Waals surface area (Å²) in [7, 11) is 0. The second kappa shape index (κ2) is 6.92. The van der Waals surface area contributed by atoms with E-state index in [1.165, 1.54) is 0 Å². The summed E-state index contributed by atoms with van der Waals surface area (Å²) < 4.78 is 25.5. The Hall–Kier alpha value is -1.66. The molecule has 2 amide bonds. The van der Waals surface area contributed by atoms with Crippen molar-refractivity contribution in [1.82, 2.24) is 10.6 Å². The molecule has 1 spiro atoms. The molecule has 2 heterocycles. The van der Waals surface area contributed by atoms with E-state index in [2.05, 4.69) is 10.6 Å². The third-order valence-corrected chi connectivity index (χ3v) is 5.64. The summed E-state index contributed by atoms with van der Waals surface area (Å²) in [5.41, 5.74) is 1.28. The first kappa shape index (κ1) is 16.8. The predicted molar refractivity (Wildman–Crippen MR) is 90.9 cm³/mol. The van der Waals surface area contributed by atoms with Crippen LogP contribution in [0.2, 0.25) is 0 Å². The Kier molecular flexibility index (Phi) is 4.65. The fourth-order valence-corrected chi connectivity index (χ4v) is 3.92. The molecule has 1 saturated carbocycles. The zero-order valence-corrected chi connectivity index (χ0v) is 14.4. The van der Waals surface area contributed by atoms with Crippen molar-refractivity contribution in [2.75, 3.05) is 19.8 Å². The average Bonchev–Trinajstić information content (AvgIpc) is 3.40. The molecule has 1 unspecified atom stereocenters. The number of nitrogens with one attached hydrogen (secondary N) is 2. The molecule has 25 heavy (non-hydrogen) atoms. The van der Waals surface area contributed by atoms with E-state index in [1.807, 2.05) is 6.07 Å². The number of benzene rings is 1. The maximum atomic E-state index is 14.2. The van der Waals surface area contributed by atoms with Gasteiger partial charge in [0.05, 0.1) is 11.6 Å². The van der Waals surface area contributed by atoms with E-state index in [0.717, 1.165) is 37.7 Å². The van der Waals surface area contributed by atoms with Gasteiger partial charge < -0.3 is 20.1 Å². The van der Waals surface area contributed by atoms with E-state index in [4.69, 9.17) is 9.47 Å². The van der Waals surface area contributed by atoms with Crippen molar-refractivity contribution in [3.05, 3.63) is 35.1 Å². The molecular formula is C19H25FN2O3. The maximum Gasteiger partial charge on any atom is 0.315 e. The quantitative estimate of drug-likeness (QED) is 0.880. The normalized spacial score (nSPS) is 25.1. The van der Waals surface area contributed by atoms with E-state index in [9.17, 15) is 9.18 Å². The highest BCUT2D eigenvalue weighted by Crippen LogP contribution is 2.40. The summed E-state index contributed by atoms with van der Waals surface area (Å²) >= 11 is 0. The van der Waals surface area contributed by atoms with Crippen LogP contribution in [0.3, 0.4) is 0 Å². The Morgan fingerprint density at radius 3 is 2.72 bits per heavy atom. The van der Waals surface area contributed by atoms with Crippen molar-refractivity contribution in [2.24, 2.45) is 0 Å². The lowest BCUT2D eigenvalue weighted by Gasteiger charge is -2.37. The molecule has 0 bridgehead atoms. The van der Waals surface area contributed by atoms with Crippen LogP contribution in [0, 0.1) is 5.82 Å². The molecule has 0 aromatic heterocycles. The maximum absolute atomic E-state index is 14.2. The third kappa shape index (κ3) is 3.65. The number of carbonyl (C=O) groups is 1. The van der Waals surface area contributed by atoms with Gasteiger partial charge in [-0.05, 0) is 36.8 Å². The van der Waals surface area contributed by atoms with E-state index < -0.39 is 0 Å². The second-order valence-electron chi connectivity index (χ2n) is 7.32. The van der Waals surface area contributed by atoms with Crippen molar-refractivity contribution in [3.63, 3.8) is 0 Å². The van der Waals surface area contributed by atoms with Crippen LogP contribution in [0.4, 0.5) is 9.18 Å². The van der Waals surface area contributed by atoms with E-state index >= 15 is 0 Å². The smallest absolute Gasteiger partial charge is 0.315 e. The molecule has 2 saturated heterocycles. The standard InChI is InChI=1S/C19H25FN2O3/c20-16-11-14(13-1-2-13)3-4-15(16)12-21-18(23)22-17-5-8-25-19(17)6-9-24-10-7-19/h3-4,11,13,17H,1-2,5-10,12H2,(H2,21,22,23). The summed E-state index contributed by atoms with van der Waals surface area (Å²) in [5, 5.41) is 5.79. The van der Waals surface area contributed by atoms with Crippen molar-refractivity contribution < 1.29 is 18.7 Å². The van der Waals surface area contributed by atoms with Gasteiger partial charge in [0.25, 0.3) is 0 Å². The first-order valence-corrected chi connectivity index (χ1v) is 9.21. The van der Waals surface area contributed by atoms with Gasteiger partial charge in [0.2, 0.25) is 0 Å². The van der Waals surface area contributed by atoms with Gasteiger partial charge in [0.15, 0.2) is 0 Å². The predicted octanol–water partition coefficient (Wildman–Crippen LogP) is 2.84. The summed E-state index contributed by atoms with van der Waals surface area (Å²) in [6, 6.07) is 5.07. The Morgan fingerprint density at radius 2 is 2.00 bits per heavy atom. The number of rotatable bonds is 4. The number of urea groups is 1. The summed E-state index contributed by atoms with van der Waals surface area (Å²) in [6.45, 7) is 2.17. The molecule has 1 aromatic rings. The van der Waals surface area contributed by atoms with Gasteiger partial charge in [-0.3, -0.25) is 0 Å². The molecule has 4 rings (SSSR count). The van der Waals surface area contributed by atoms with Gasteiger partial charge in [-0.1, -0.05) is 12.1 Å². The molecule has 0 radical (unpaired) electrons. The number of ether oxygens (including phenoxy) is 2. The second-order valence-corrected chi connectivity index (χ2v) is 7.32. The fourth-order valence-electron chi connectivity index (χ4n) is 3.92. The molecule has 5 nitrogen and oxygen atoms in total. The minimum atomic E-state index is -0.299. The largest absolute Gasteiger partial charge is 0.381 e. The molecule has 3 aliphatic rings. The molecule has 3 fully saturated rings. The van der Waals surface area contributed by atoms with Crippen molar-refractivity contribution >= 4 is 6.03 Å². The minimum absolute atomic E-state index is 0.0153. The van der Waals surface area contributed by atoms with Crippen LogP contribution in [-0.4, -0.2) is 37.5 Å². The molecular weight excluding hydrogens is 323 g/mol. The minimum Gasteiger partial charge on any atom is -0.381 e. The molecule has 136 valence electrons. The van der Waals surface area contributed by atoms with Gasteiger partial charge in [-0.15, -0.1) is 0 Å². The van der Waals surface area contributed by atoms with Crippen LogP contribution in [0.1, 0.15) is 49.1 Å². The van der Waals surface area contributed by atoms with E-state index in [1.54, 1.807) is 12.1 Å². The Labute approximate surface area is 147 Å². The lowest BCUT2D eigenvalue weighted by molar-refractivity contribution is -0.0869. The van der Waals surface area contributed by atoms with Gasteiger partial charge in [0, 0.05) is 44.8 Å². The van der Waals surface area contributed by atoms with Crippen LogP contribution < -0.4 is 10.6 Å². The van der Waals surface area contributed by atoms with E-state index in [0.29, 0.717) is 31.3 Å². The van der Waals surface area contributed by atoms with Crippen molar-refractivity contribution in [2.45, 2.75) is 56.2 Å². The highest BCUT2D eigenvalue weighted by molar-refractivity contribution is 5.74.